The monoisotopic (exact) mass is 321 g/mol. The smallest absolute Gasteiger partial charge is 0.225 e. The number of nitrogens with zero attached hydrogens (tertiary/aromatic N) is 2. The van der Waals surface area contributed by atoms with E-state index in [1.54, 1.807) is 14.2 Å². The van der Waals surface area contributed by atoms with E-state index in [0.717, 1.165) is 21.7 Å². The van der Waals surface area contributed by atoms with Gasteiger partial charge in [0.1, 0.15) is 22.1 Å². The van der Waals surface area contributed by atoms with Crippen LogP contribution in [0.15, 0.2) is 29.6 Å². The summed E-state index contributed by atoms with van der Waals surface area (Å²) in [5, 5.41) is 6.30. The van der Waals surface area contributed by atoms with Gasteiger partial charge < -0.3 is 14.8 Å². The zero-order chi connectivity index (χ0) is 14.8. The zero-order valence-electron chi connectivity index (χ0n) is 11.4. The molecule has 0 unspecified atom stereocenters. The number of anilines is 2. The molecule has 3 aromatic rings. The van der Waals surface area contributed by atoms with E-state index in [1.807, 2.05) is 29.6 Å². The molecule has 0 spiro atoms. The Hall–Kier alpha value is -2.05. The summed E-state index contributed by atoms with van der Waals surface area (Å²) in [6.45, 7) is 0. The Morgan fingerprint density at radius 2 is 2.00 bits per heavy atom. The van der Waals surface area contributed by atoms with Gasteiger partial charge in [-0.2, -0.15) is 4.98 Å². The topological polar surface area (TPSA) is 56.3 Å². The van der Waals surface area contributed by atoms with Crippen molar-refractivity contribution in [1.29, 1.82) is 0 Å². The van der Waals surface area contributed by atoms with Gasteiger partial charge in [-0.15, -0.1) is 11.3 Å². The predicted molar refractivity (Wildman–Crippen MR) is 85.3 cm³/mol. The molecule has 0 saturated carbocycles. The van der Waals surface area contributed by atoms with Crippen LogP contribution in [0.3, 0.4) is 0 Å². The quantitative estimate of drug-likeness (QED) is 0.733. The van der Waals surface area contributed by atoms with Crippen LogP contribution in [0.25, 0.3) is 10.2 Å². The van der Waals surface area contributed by atoms with Gasteiger partial charge in [0, 0.05) is 6.07 Å². The lowest BCUT2D eigenvalue weighted by Gasteiger charge is -2.12. The lowest BCUT2D eigenvalue weighted by Crippen LogP contribution is -1.99. The number of hydrogen-bond donors (Lipinski definition) is 1. The van der Waals surface area contributed by atoms with E-state index in [4.69, 9.17) is 21.1 Å². The number of ether oxygens (including phenoxy) is 2. The third-order valence-electron chi connectivity index (χ3n) is 2.96. The standard InChI is InChI=1S/C14H12ClN3O2S/c1-19-8-3-4-11(20-2)10(7-8)16-12-9-5-6-21-13(9)18-14(15)17-12/h3-7H,1-2H3,(H,16,17,18). The van der Waals surface area contributed by atoms with Crippen LogP contribution >= 0.6 is 22.9 Å². The van der Waals surface area contributed by atoms with Crippen LogP contribution in [0.4, 0.5) is 11.5 Å². The minimum atomic E-state index is 0.203. The lowest BCUT2D eigenvalue weighted by molar-refractivity contribution is 0.405. The van der Waals surface area contributed by atoms with Gasteiger partial charge in [-0.25, -0.2) is 4.98 Å². The predicted octanol–water partition coefficient (Wildman–Crippen LogP) is 4.11. The van der Waals surface area contributed by atoms with E-state index in [2.05, 4.69) is 15.3 Å². The lowest BCUT2D eigenvalue weighted by atomic mass is 10.2. The molecule has 3 rings (SSSR count). The highest BCUT2D eigenvalue weighted by molar-refractivity contribution is 7.16. The van der Waals surface area contributed by atoms with Gasteiger partial charge in [0.15, 0.2) is 0 Å². The SMILES string of the molecule is COc1ccc(OC)c(Nc2nc(Cl)nc3sccc23)c1. The molecule has 0 aliphatic rings. The zero-order valence-corrected chi connectivity index (χ0v) is 13.0. The van der Waals surface area contributed by atoms with E-state index in [0.29, 0.717) is 11.6 Å². The van der Waals surface area contributed by atoms with E-state index >= 15 is 0 Å². The Morgan fingerprint density at radius 1 is 1.14 bits per heavy atom. The average molecular weight is 322 g/mol. The molecule has 0 fully saturated rings. The van der Waals surface area contributed by atoms with Crippen molar-refractivity contribution < 1.29 is 9.47 Å². The summed E-state index contributed by atoms with van der Waals surface area (Å²) >= 11 is 7.48. The molecular formula is C14H12ClN3O2S. The maximum atomic E-state index is 5.97. The first-order chi connectivity index (χ1) is 10.2. The van der Waals surface area contributed by atoms with Crippen molar-refractivity contribution in [2.24, 2.45) is 0 Å². The average Bonchev–Trinajstić information content (AvgIpc) is 2.95. The summed E-state index contributed by atoms with van der Waals surface area (Å²) in [5.74, 6) is 2.05. The van der Waals surface area contributed by atoms with Crippen LogP contribution in [0.1, 0.15) is 0 Å². The Bertz CT molecular complexity index is 791. The highest BCUT2D eigenvalue weighted by Crippen LogP contribution is 2.34. The molecule has 2 aromatic heterocycles. The fourth-order valence-electron chi connectivity index (χ4n) is 1.96. The van der Waals surface area contributed by atoms with Crippen LogP contribution in [0.5, 0.6) is 11.5 Å². The van der Waals surface area contributed by atoms with Crippen molar-refractivity contribution in [3.63, 3.8) is 0 Å². The number of thiophene rings is 1. The van der Waals surface area contributed by atoms with Gasteiger partial charge in [0.2, 0.25) is 5.28 Å². The normalized spacial score (nSPS) is 10.6. The molecule has 0 radical (unpaired) electrons. The van der Waals surface area contributed by atoms with Crippen molar-refractivity contribution in [2.45, 2.75) is 0 Å². The number of benzene rings is 1. The van der Waals surface area contributed by atoms with Gasteiger partial charge in [-0.05, 0) is 35.2 Å². The number of rotatable bonds is 4. The minimum absolute atomic E-state index is 0.203. The second-order valence-electron chi connectivity index (χ2n) is 4.17. The number of hydrogen-bond acceptors (Lipinski definition) is 6. The summed E-state index contributed by atoms with van der Waals surface area (Å²) in [4.78, 5) is 9.28. The molecule has 0 amide bonds. The molecule has 0 aliphatic carbocycles. The second-order valence-corrected chi connectivity index (χ2v) is 5.40. The first kappa shape index (κ1) is 13.9. The van der Waals surface area contributed by atoms with E-state index in [-0.39, 0.29) is 5.28 Å². The highest BCUT2D eigenvalue weighted by atomic mass is 35.5. The first-order valence-electron chi connectivity index (χ1n) is 6.11. The van der Waals surface area contributed by atoms with Gasteiger partial charge in [0.05, 0.1) is 25.3 Å². The number of halogens is 1. The Labute approximate surface area is 130 Å². The highest BCUT2D eigenvalue weighted by Gasteiger charge is 2.11. The van der Waals surface area contributed by atoms with Crippen LogP contribution < -0.4 is 14.8 Å². The summed E-state index contributed by atoms with van der Waals surface area (Å²) in [7, 11) is 3.23. The molecule has 21 heavy (non-hydrogen) atoms. The summed E-state index contributed by atoms with van der Waals surface area (Å²) < 4.78 is 10.6. The first-order valence-corrected chi connectivity index (χ1v) is 7.37. The number of fused-ring (bicyclic) bond motifs is 1. The maximum absolute atomic E-state index is 5.97. The third-order valence-corrected chi connectivity index (χ3v) is 3.93. The molecular weight excluding hydrogens is 310 g/mol. The Morgan fingerprint density at radius 3 is 2.76 bits per heavy atom. The van der Waals surface area contributed by atoms with E-state index in [9.17, 15) is 0 Å². The van der Waals surface area contributed by atoms with Gasteiger partial charge in [0.25, 0.3) is 0 Å². The molecule has 1 aromatic carbocycles. The molecule has 108 valence electrons. The molecule has 2 heterocycles. The number of aromatic nitrogens is 2. The van der Waals surface area contributed by atoms with E-state index < -0.39 is 0 Å². The van der Waals surface area contributed by atoms with Crippen molar-refractivity contribution in [3.05, 3.63) is 34.9 Å². The number of nitrogens with one attached hydrogen (secondary N) is 1. The fourth-order valence-corrected chi connectivity index (χ4v) is 2.95. The van der Waals surface area contributed by atoms with Crippen molar-refractivity contribution >= 4 is 44.7 Å². The Balaban J connectivity index is 2.07. The second kappa shape index (κ2) is 5.75. The van der Waals surface area contributed by atoms with Crippen molar-refractivity contribution in [1.82, 2.24) is 9.97 Å². The summed E-state index contributed by atoms with van der Waals surface area (Å²) in [6, 6.07) is 7.45. The fraction of sp³-hybridized carbons (Fsp3) is 0.143. The molecule has 0 aliphatic heterocycles. The van der Waals surface area contributed by atoms with Gasteiger partial charge >= 0.3 is 0 Å². The molecule has 0 saturated heterocycles. The molecule has 0 atom stereocenters. The van der Waals surface area contributed by atoms with Crippen molar-refractivity contribution in [2.75, 3.05) is 19.5 Å². The molecule has 1 N–H and O–H groups in total. The van der Waals surface area contributed by atoms with Crippen LogP contribution in [0.2, 0.25) is 5.28 Å². The Kier molecular flexibility index (Phi) is 3.81. The van der Waals surface area contributed by atoms with E-state index in [1.165, 1.54) is 11.3 Å². The molecule has 0 bridgehead atoms. The number of methoxy groups -OCH3 is 2. The summed E-state index contributed by atoms with van der Waals surface area (Å²) in [6.07, 6.45) is 0. The molecule has 5 nitrogen and oxygen atoms in total. The van der Waals surface area contributed by atoms with Crippen LogP contribution in [0, 0.1) is 0 Å². The minimum Gasteiger partial charge on any atom is -0.497 e. The maximum Gasteiger partial charge on any atom is 0.225 e. The molecule has 7 heteroatoms. The van der Waals surface area contributed by atoms with Crippen LogP contribution in [-0.2, 0) is 0 Å². The van der Waals surface area contributed by atoms with Crippen molar-refractivity contribution in [3.8, 4) is 11.5 Å². The van der Waals surface area contributed by atoms with Gasteiger partial charge in [-0.1, -0.05) is 0 Å². The third kappa shape index (κ3) is 2.72. The van der Waals surface area contributed by atoms with Crippen LogP contribution in [-0.4, -0.2) is 24.2 Å². The van der Waals surface area contributed by atoms with Gasteiger partial charge in [-0.3, -0.25) is 0 Å². The summed E-state index contributed by atoms with van der Waals surface area (Å²) in [5.41, 5.74) is 0.749. The largest absolute Gasteiger partial charge is 0.497 e.